The van der Waals surface area contributed by atoms with E-state index in [1.807, 2.05) is 0 Å². The zero-order valence-electron chi connectivity index (χ0n) is 11.0. The molecule has 2 aliphatic heterocycles. The number of piperazine rings is 1. The van der Waals surface area contributed by atoms with Crippen molar-refractivity contribution in [2.45, 2.75) is 71.1 Å². The van der Waals surface area contributed by atoms with Gasteiger partial charge in [0.2, 0.25) is 0 Å². The van der Waals surface area contributed by atoms with Crippen molar-refractivity contribution in [3.05, 3.63) is 0 Å². The summed E-state index contributed by atoms with van der Waals surface area (Å²) in [5, 5.41) is 0. The zero-order chi connectivity index (χ0) is 11.2. The minimum absolute atomic E-state index is 0.347. The highest BCUT2D eigenvalue weighted by atomic mass is 15.4. The third-order valence-corrected chi connectivity index (χ3v) is 4.31. The summed E-state index contributed by atoms with van der Waals surface area (Å²) >= 11 is 0. The number of fused-ring (bicyclic) bond motifs is 2. The third kappa shape index (κ3) is 1.83. The second-order valence-corrected chi connectivity index (χ2v) is 6.20. The van der Waals surface area contributed by atoms with Gasteiger partial charge in [0, 0.05) is 30.2 Å². The van der Waals surface area contributed by atoms with Crippen LogP contribution >= 0.6 is 0 Å². The Kier molecular flexibility index (Phi) is 2.85. The van der Waals surface area contributed by atoms with Crippen molar-refractivity contribution in [3.63, 3.8) is 0 Å². The lowest BCUT2D eigenvalue weighted by molar-refractivity contribution is -0.0271. The number of likely N-dealkylation sites (tertiary alicyclic amines) is 1. The molecule has 88 valence electrons. The Balaban J connectivity index is 2.19. The zero-order valence-corrected chi connectivity index (χ0v) is 11.0. The van der Waals surface area contributed by atoms with E-state index >= 15 is 0 Å². The smallest absolute Gasteiger partial charge is 0.0258 e. The molecule has 2 saturated heterocycles. The Bertz CT molecular complexity index is 231. The molecule has 2 bridgehead atoms. The van der Waals surface area contributed by atoms with Gasteiger partial charge in [-0.2, -0.15) is 0 Å². The van der Waals surface area contributed by atoms with E-state index in [2.05, 4.69) is 44.4 Å². The second kappa shape index (κ2) is 3.74. The van der Waals surface area contributed by atoms with Crippen molar-refractivity contribution < 1.29 is 0 Å². The van der Waals surface area contributed by atoms with Crippen LogP contribution in [-0.2, 0) is 0 Å². The molecule has 2 fully saturated rings. The molecular formula is C13H26N2. The Morgan fingerprint density at radius 3 is 2.40 bits per heavy atom. The van der Waals surface area contributed by atoms with Crippen LogP contribution in [0.15, 0.2) is 0 Å². The molecule has 2 heteroatoms. The monoisotopic (exact) mass is 210 g/mol. The summed E-state index contributed by atoms with van der Waals surface area (Å²) in [5.74, 6) is 0. The maximum atomic E-state index is 2.78. The summed E-state index contributed by atoms with van der Waals surface area (Å²) in [6.45, 7) is 14.3. The number of likely N-dealkylation sites (N-methyl/N-ethyl adjacent to an activating group) is 1. The van der Waals surface area contributed by atoms with Gasteiger partial charge in [-0.05, 0) is 47.1 Å². The summed E-state index contributed by atoms with van der Waals surface area (Å²) in [4.78, 5) is 5.44. The molecular weight excluding hydrogens is 184 g/mol. The Labute approximate surface area is 94.6 Å². The molecule has 2 nitrogen and oxygen atoms in total. The molecule has 2 heterocycles. The average molecular weight is 210 g/mol. The maximum absolute atomic E-state index is 2.78. The van der Waals surface area contributed by atoms with E-state index in [9.17, 15) is 0 Å². The van der Waals surface area contributed by atoms with Crippen LogP contribution in [-0.4, -0.2) is 46.6 Å². The van der Waals surface area contributed by atoms with Crippen LogP contribution in [0.3, 0.4) is 0 Å². The van der Waals surface area contributed by atoms with Crippen molar-refractivity contribution in [1.82, 2.24) is 9.80 Å². The van der Waals surface area contributed by atoms with Gasteiger partial charge in [0.1, 0.15) is 0 Å². The van der Waals surface area contributed by atoms with Crippen molar-refractivity contribution in [2.75, 3.05) is 13.1 Å². The second-order valence-electron chi connectivity index (χ2n) is 6.20. The summed E-state index contributed by atoms with van der Waals surface area (Å²) in [6.07, 6.45) is 2.81. The highest BCUT2D eigenvalue weighted by Crippen LogP contribution is 2.38. The number of rotatable bonds is 1. The van der Waals surface area contributed by atoms with Gasteiger partial charge in [-0.3, -0.25) is 9.80 Å². The van der Waals surface area contributed by atoms with E-state index in [1.54, 1.807) is 0 Å². The molecule has 0 aromatic rings. The minimum atomic E-state index is 0.347. The maximum Gasteiger partial charge on any atom is 0.0258 e. The van der Waals surface area contributed by atoms with Gasteiger partial charge < -0.3 is 0 Å². The van der Waals surface area contributed by atoms with E-state index in [0.717, 1.165) is 18.1 Å². The van der Waals surface area contributed by atoms with Crippen molar-refractivity contribution in [2.24, 2.45) is 0 Å². The van der Waals surface area contributed by atoms with E-state index in [-0.39, 0.29) is 0 Å². The minimum Gasteiger partial charge on any atom is -0.298 e. The van der Waals surface area contributed by atoms with Crippen LogP contribution in [0.1, 0.15) is 47.5 Å². The first kappa shape index (κ1) is 11.4. The van der Waals surface area contributed by atoms with Gasteiger partial charge >= 0.3 is 0 Å². The number of hydrogen-bond donors (Lipinski definition) is 0. The molecule has 3 unspecified atom stereocenters. The molecule has 15 heavy (non-hydrogen) atoms. The van der Waals surface area contributed by atoms with Gasteiger partial charge in [-0.25, -0.2) is 0 Å². The number of hydrogen-bond acceptors (Lipinski definition) is 2. The van der Waals surface area contributed by atoms with Gasteiger partial charge in [0.25, 0.3) is 0 Å². The fraction of sp³-hybridized carbons (Fsp3) is 1.00. The molecule has 0 aromatic carbocycles. The lowest BCUT2D eigenvalue weighted by Crippen LogP contribution is -2.63. The molecule has 3 atom stereocenters. The van der Waals surface area contributed by atoms with Crippen LogP contribution in [0.4, 0.5) is 0 Å². The molecule has 2 aliphatic rings. The number of nitrogens with zero attached hydrogens (tertiary/aromatic N) is 2. The van der Waals surface area contributed by atoms with Gasteiger partial charge in [0.15, 0.2) is 0 Å². The van der Waals surface area contributed by atoms with Crippen LogP contribution in [0.5, 0.6) is 0 Å². The Morgan fingerprint density at radius 1 is 1.20 bits per heavy atom. The SMILES string of the molecule is CCN1CC2CCC(C1C)N2C(C)(C)C. The highest BCUT2D eigenvalue weighted by molar-refractivity contribution is 5.04. The molecule has 0 aromatic heterocycles. The molecule has 0 radical (unpaired) electrons. The molecule has 0 amide bonds. The normalized spacial score (nSPS) is 38.6. The van der Waals surface area contributed by atoms with Crippen molar-refractivity contribution in [1.29, 1.82) is 0 Å². The lowest BCUT2D eigenvalue weighted by atomic mass is 9.96. The molecule has 0 spiro atoms. The fourth-order valence-corrected chi connectivity index (χ4v) is 3.71. The van der Waals surface area contributed by atoms with E-state index < -0.39 is 0 Å². The Morgan fingerprint density at radius 2 is 1.87 bits per heavy atom. The average Bonchev–Trinajstić information content (AvgIpc) is 2.49. The third-order valence-electron chi connectivity index (χ3n) is 4.31. The fourth-order valence-electron chi connectivity index (χ4n) is 3.71. The molecule has 0 N–H and O–H groups in total. The molecule has 2 rings (SSSR count). The quantitative estimate of drug-likeness (QED) is 0.655. The van der Waals surface area contributed by atoms with E-state index in [1.165, 1.54) is 25.9 Å². The predicted molar refractivity (Wildman–Crippen MR) is 65.1 cm³/mol. The van der Waals surface area contributed by atoms with Crippen LogP contribution in [0, 0.1) is 0 Å². The van der Waals surface area contributed by atoms with E-state index in [4.69, 9.17) is 0 Å². The summed E-state index contributed by atoms with van der Waals surface area (Å²) in [7, 11) is 0. The largest absolute Gasteiger partial charge is 0.298 e. The highest BCUT2D eigenvalue weighted by Gasteiger charge is 2.47. The first-order chi connectivity index (χ1) is 6.95. The van der Waals surface area contributed by atoms with Crippen molar-refractivity contribution in [3.8, 4) is 0 Å². The summed E-state index contributed by atoms with van der Waals surface area (Å²) < 4.78 is 0. The van der Waals surface area contributed by atoms with Crippen LogP contribution < -0.4 is 0 Å². The lowest BCUT2D eigenvalue weighted by Gasteiger charge is -2.51. The van der Waals surface area contributed by atoms with Gasteiger partial charge in [0.05, 0.1) is 0 Å². The van der Waals surface area contributed by atoms with Gasteiger partial charge in [-0.1, -0.05) is 6.92 Å². The Hall–Kier alpha value is -0.0800. The van der Waals surface area contributed by atoms with E-state index in [0.29, 0.717) is 5.54 Å². The summed E-state index contributed by atoms with van der Waals surface area (Å²) in [6, 6.07) is 2.35. The van der Waals surface area contributed by atoms with Crippen LogP contribution in [0.25, 0.3) is 0 Å². The molecule has 0 saturated carbocycles. The topological polar surface area (TPSA) is 6.48 Å². The van der Waals surface area contributed by atoms with Crippen molar-refractivity contribution >= 4 is 0 Å². The first-order valence-corrected chi connectivity index (χ1v) is 6.47. The molecule has 0 aliphatic carbocycles. The van der Waals surface area contributed by atoms with Gasteiger partial charge in [-0.15, -0.1) is 0 Å². The standard InChI is InChI=1S/C13H26N2/c1-6-14-9-11-7-8-12(10(14)2)15(11)13(3,4)5/h10-12H,6-9H2,1-5H3. The predicted octanol–water partition coefficient (Wildman–Crippen LogP) is 2.34. The van der Waals surface area contributed by atoms with Crippen LogP contribution in [0.2, 0.25) is 0 Å². The summed E-state index contributed by atoms with van der Waals surface area (Å²) in [5.41, 5.74) is 0.347. The first-order valence-electron chi connectivity index (χ1n) is 6.47.